The Kier molecular flexibility index (Phi) is 5.41. The number of nitrogens with one attached hydrogen (secondary N) is 1. The number of rotatable bonds is 6. The Morgan fingerprint density at radius 2 is 1.42 bits per heavy atom. The molecule has 168 valence electrons. The maximum Gasteiger partial charge on any atom is 0.197 e. The summed E-state index contributed by atoms with van der Waals surface area (Å²) < 4.78 is 2.17. The zero-order valence-electron chi connectivity index (χ0n) is 19.4. The van der Waals surface area contributed by atoms with Crippen molar-refractivity contribution in [2.45, 2.75) is 40.0 Å². The molecule has 3 aromatic carbocycles. The van der Waals surface area contributed by atoms with E-state index >= 15 is 0 Å². The summed E-state index contributed by atoms with van der Waals surface area (Å²) in [6.07, 6.45) is 2.85. The fourth-order valence-electron chi connectivity index (χ4n) is 4.89. The van der Waals surface area contributed by atoms with Crippen molar-refractivity contribution < 1.29 is 0 Å². The molecule has 5 nitrogen and oxygen atoms in total. The van der Waals surface area contributed by atoms with Gasteiger partial charge in [-0.3, -0.25) is 14.3 Å². The summed E-state index contributed by atoms with van der Waals surface area (Å²) in [5.74, 6) is 0. The number of H-pyrrole nitrogens is 1. The predicted molar refractivity (Wildman–Crippen MR) is 139 cm³/mol. The number of hydrogen-bond acceptors (Lipinski definition) is 3. The summed E-state index contributed by atoms with van der Waals surface area (Å²) in [5, 5.41) is 4.92. The second-order valence-corrected chi connectivity index (χ2v) is 8.71. The second kappa shape index (κ2) is 8.39. The molecule has 2 heterocycles. The number of nitrogens with zero attached hydrogens (tertiary/aromatic N) is 2. The predicted octanol–water partition coefficient (Wildman–Crippen LogP) is 5.47. The minimum absolute atomic E-state index is 0.00963. The van der Waals surface area contributed by atoms with Gasteiger partial charge in [-0.1, -0.05) is 39.0 Å². The number of hydrogen-bond donors (Lipinski definition) is 1. The Morgan fingerprint density at radius 3 is 2.15 bits per heavy atom. The molecule has 0 aliphatic heterocycles. The van der Waals surface area contributed by atoms with Crippen LogP contribution in [0.2, 0.25) is 0 Å². The maximum absolute atomic E-state index is 13.7. The van der Waals surface area contributed by atoms with E-state index in [1.807, 2.05) is 42.5 Å². The van der Waals surface area contributed by atoms with Crippen LogP contribution in [0.1, 0.15) is 39.2 Å². The average molecular weight is 440 g/mol. The van der Waals surface area contributed by atoms with Gasteiger partial charge >= 0.3 is 0 Å². The van der Waals surface area contributed by atoms with Crippen molar-refractivity contribution in [2.75, 3.05) is 18.1 Å². The van der Waals surface area contributed by atoms with E-state index in [-0.39, 0.29) is 10.9 Å². The fraction of sp³-hybridized carbons (Fsp3) is 0.286. The third-order valence-electron chi connectivity index (χ3n) is 6.48. The van der Waals surface area contributed by atoms with Crippen LogP contribution >= 0.6 is 0 Å². The zero-order chi connectivity index (χ0) is 23.1. The van der Waals surface area contributed by atoms with Crippen LogP contribution in [0.3, 0.4) is 0 Å². The molecule has 0 saturated heterocycles. The lowest BCUT2D eigenvalue weighted by atomic mass is 10.0. The van der Waals surface area contributed by atoms with Gasteiger partial charge < -0.3 is 9.99 Å². The molecule has 0 amide bonds. The number of fused-ring (bicyclic) bond motifs is 4. The number of para-hydroxylation sites is 1. The molecule has 1 N–H and O–H groups in total. The molecule has 2 aromatic heterocycles. The second-order valence-electron chi connectivity index (χ2n) is 8.71. The largest absolute Gasteiger partial charge is 0.354 e. The van der Waals surface area contributed by atoms with Gasteiger partial charge in [0, 0.05) is 34.8 Å². The smallest absolute Gasteiger partial charge is 0.197 e. The molecule has 5 aromatic rings. The molecule has 33 heavy (non-hydrogen) atoms. The van der Waals surface area contributed by atoms with Gasteiger partial charge in [0.1, 0.15) is 0 Å². The molecule has 0 atom stereocenters. The Labute approximate surface area is 192 Å². The molecule has 0 radical (unpaired) electrons. The first-order valence-electron chi connectivity index (χ1n) is 11.9. The summed E-state index contributed by atoms with van der Waals surface area (Å²) in [6.45, 7) is 8.16. The first-order chi connectivity index (χ1) is 16.1. The molecule has 0 fully saturated rings. The van der Waals surface area contributed by atoms with Crippen LogP contribution in [0, 0.1) is 0 Å². The van der Waals surface area contributed by atoms with Crippen LogP contribution in [-0.4, -0.2) is 22.7 Å². The molecular weight excluding hydrogens is 410 g/mol. The SMILES string of the molecule is CCCN(CCC)n1c2ccc(CC)cc2c(=O)c2cc3[nH]c4ccccc4c(=O)c3cc21. The number of benzene rings is 3. The lowest BCUT2D eigenvalue weighted by Crippen LogP contribution is -2.37. The van der Waals surface area contributed by atoms with Crippen LogP contribution in [-0.2, 0) is 6.42 Å². The molecule has 0 unspecified atom stereocenters. The average Bonchev–Trinajstić information content (AvgIpc) is 2.84. The highest BCUT2D eigenvalue weighted by Crippen LogP contribution is 2.25. The van der Waals surface area contributed by atoms with E-state index in [0.29, 0.717) is 21.7 Å². The molecule has 0 aliphatic carbocycles. The number of pyridine rings is 2. The lowest BCUT2D eigenvalue weighted by Gasteiger charge is -2.30. The molecule has 0 aliphatic rings. The highest BCUT2D eigenvalue weighted by Gasteiger charge is 2.18. The van der Waals surface area contributed by atoms with Crippen molar-refractivity contribution in [3.05, 3.63) is 80.6 Å². The van der Waals surface area contributed by atoms with Crippen molar-refractivity contribution in [3.63, 3.8) is 0 Å². The van der Waals surface area contributed by atoms with Crippen molar-refractivity contribution in [1.29, 1.82) is 0 Å². The normalized spacial score (nSPS) is 11.7. The van der Waals surface area contributed by atoms with E-state index in [0.717, 1.165) is 59.9 Å². The third kappa shape index (κ3) is 3.39. The van der Waals surface area contributed by atoms with Crippen LogP contribution in [0.4, 0.5) is 0 Å². The van der Waals surface area contributed by atoms with E-state index in [1.165, 1.54) is 0 Å². The standard InChI is InChI=1S/C28H29N3O2/c1-4-13-30(14-5-2)31-25-12-11-18(6-3)15-21(25)28(33)22-16-24-20(17-26(22)31)27(32)19-9-7-8-10-23(19)29-24/h7-12,15-17H,4-6,13-14H2,1-3H3,(H,29,32). The summed E-state index contributed by atoms with van der Waals surface area (Å²) in [5.41, 5.74) is 4.29. The fourth-order valence-corrected chi connectivity index (χ4v) is 4.89. The van der Waals surface area contributed by atoms with E-state index in [1.54, 1.807) is 0 Å². The minimum Gasteiger partial charge on any atom is -0.354 e. The Morgan fingerprint density at radius 1 is 0.727 bits per heavy atom. The quantitative estimate of drug-likeness (QED) is 0.357. The highest BCUT2D eigenvalue weighted by molar-refractivity contribution is 6.03. The van der Waals surface area contributed by atoms with Gasteiger partial charge in [0.2, 0.25) is 0 Å². The Bertz CT molecular complexity index is 1620. The topological polar surface area (TPSA) is 58.1 Å². The third-order valence-corrected chi connectivity index (χ3v) is 6.48. The summed E-state index contributed by atoms with van der Waals surface area (Å²) >= 11 is 0. The van der Waals surface area contributed by atoms with Gasteiger partial charge in [-0.15, -0.1) is 0 Å². The maximum atomic E-state index is 13.7. The molecule has 5 rings (SSSR count). The number of aromatic amines is 1. The van der Waals surface area contributed by atoms with Crippen molar-refractivity contribution >= 4 is 43.6 Å². The Balaban J connectivity index is 1.99. The van der Waals surface area contributed by atoms with Crippen LogP contribution in [0.25, 0.3) is 43.6 Å². The minimum atomic E-state index is -0.0146. The molecule has 0 spiro atoms. The molecule has 0 bridgehead atoms. The van der Waals surface area contributed by atoms with E-state index < -0.39 is 0 Å². The van der Waals surface area contributed by atoms with Gasteiger partial charge in [-0.25, -0.2) is 0 Å². The van der Waals surface area contributed by atoms with Crippen molar-refractivity contribution in [1.82, 2.24) is 9.66 Å². The monoisotopic (exact) mass is 439 g/mol. The zero-order valence-corrected chi connectivity index (χ0v) is 19.4. The van der Waals surface area contributed by atoms with Crippen molar-refractivity contribution in [2.24, 2.45) is 0 Å². The van der Waals surface area contributed by atoms with Crippen molar-refractivity contribution in [3.8, 4) is 0 Å². The summed E-state index contributed by atoms with van der Waals surface area (Å²) in [6, 6.07) is 17.5. The Hall–Kier alpha value is -3.60. The van der Waals surface area contributed by atoms with Crippen LogP contribution < -0.4 is 15.9 Å². The summed E-state index contributed by atoms with van der Waals surface area (Å²) in [7, 11) is 0. The van der Waals surface area contributed by atoms with Gasteiger partial charge in [0.15, 0.2) is 10.9 Å². The number of aromatic nitrogens is 2. The first kappa shape index (κ1) is 21.3. The molecule has 0 saturated carbocycles. The van der Waals surface area contributed by atoms with Gasteiger partial charge in [-0.05, 0) is 61.2 Å². The van der Waals surface area contributed by atoms with E-state index in [2.05, 4.69) is 47.6 Å². The summed E-state index contributed by atoms with van der Waals surface area (Å²) in [4.78, 5) is 30.5. The van der Waals surface area contributed by atoms with Gasteiger partial charge in [0.05, 0.1) is 21.9 Å². The first-order valence-corrected chi connectivity index (χ1v) is 11.9. The van der Waals surface area contributed by atoms with Crippen LogP contribution in [0.15, 0.2) is 64.2 Å². The highest BCUT2D eigenvalue weighted by atomic mass is 16.1. The van der Waals surface area contributed by atoms with Crippen LogP contribution in [0.5, 0.6) is 0 Å². The van der Waals surface area contributed by atoms with E-state index in [9.17, 15) is 9.59 Å². The molecule has 5 heteroatoms. The lowest BCUT2D eigenvalue weighted by molar-refractivity contribution is 0.595. The van der Waals surface area contributed by atoms with Gasteiger partial charge in [0.25, 0.3) is 0 Å². The van der Waals surface area contributed by atoms with E-state index in [4.69, 9.17) is 0 Å². The molecular formula is C28H29N3O2. The number of aryl methyl sites for hydroxylation is 1. The van der Waals surface area contributed by atoms with Gasteiger partial charge in [-0.2, -0.15) is 0 Å².